The number of hydrogen-bond donors (Lipinski definition) is 0. The monoisotopic (exact) mass is 492 g/mol. The fourth-order valence-corrected chi connectivity index (χ4v) is 7.35. The summed E-state index contributed by atoms with van der Waals surface area (Å²) in [6.07, 6.45) is 8.14. The van der Waals surface area contributed by atoms with Crippen molar-refractivity contribution in [2.24, 2.45) is 0 Å². The molecule has 0 atom stereocenters. The first-order valence-corrected chi connectivity index (χ1v) is 14.6. The topological polar surface area (TPSA) is 9.49 Å². The van der Waals surface area contributed by atoms with Crippen molar-refractivity contribution in [2.45, 2.75) is 60.8 Å². The van der Waals surface area contributed by atoms with Crippen LogP contribution in [-0.2, 0) is 19.3 Å². The van der Waals surface area contributed by atoms with Crippen molar-refractivity contribution in [1.29, 1.82) is 0 Å². The Balaban J connectivity index is 1.66. The van der Waals surface area contributed by atoms with E-state index >= 15 is 0 Å². The maximum absolute atomic E-state index is 2.52. The van der Waals surface area contributed by atoms with Gasteiger partial charge in [-0.1, -0.05) is 0 Å². The fourth-order valence-electron chi connectivity index (χ4n) is 7.35. The van der Waals surface area contributed by atoms with E-state index in [9.17, 15) is 0 Å². The molecular formula is C34H42N3+. The molecule has 0 unspecified atom stereocenters. The Morgan fingerprint density at radius 2 is 0.973 bits per heavy atom. The van der Waals surface area contributed by atoms with Crippen LogP contribution >= 0.6 is 0 Å². The first kappa shape index (κ1) is 24.3. The van der Waals surface area contributed by atoms with Crippen LogP contribution in [0.2, 0.25) is 0 Å². The van der Waals surface area contributed by atoms with Gasteiger partial charge in [0.15, 0.2) is 5.71 Å². The molecule has 4 aliphatic carbocycles. The van der Waals surface area contributed by atoms with Gasteiger partial charge in [0.2, 0.25) is 0 Å². The van der Waals surface area contributed by atoms with E-state index in [1.165, 1.54) is 56.1 Å². The predicted molar refractivity (Wildman–Crippen MR) is 159 cm³/mol. The van der Waals surface area contributed by atoms with Crippen LogP contribution in [-0.4, -0.2) is 49.6 Å². The second kappa shape index (κ2) is 9.35. The van der Waals surface area contributed by atoms with Crippen LogP contribution in [0.4, 0.5) is 11.4 Å². The number of hydrogen-bond acceptors (Lipinski definition) is 2. The lowest BCUT2D eigenvalue weighted by molar-refractivity contribution is -0.519. The third-order valence-corrected chi connectivity index (χ3v) is 9.14. The maximum atomic E-state index is 2.52. The van der Waals surface area contributed by atoms with Gasteiger partial charge < -0.3 is 9.80 Å². The number of nitrogens with zero attached hydrogens (tertiary/aromatic N) is 3. The van der Waals surface area contributed by atoms with Crippen LogP contribution in [0.3, 0.4) is 0 Å². The molecule has 0 aromatic heterocycles. The second-order valence-electron chi connectivity index (χ2n) is 10.8. The zero-order chi connectivity index (χ0) is 25.8. The third kappa shape index (κ3) is 3.65. The highest BCUT2D eigenvalue weighted by Crippen LogP contribution is 2.54. The molecule has 2 aromatic carbocycles. The van der Waals surface area contributed by atoms with Crippen LogP contribution in [0.15, 0.2) is 53.1 Å². The molecule has 3 nitrogen and oxygen atoms in total. The molecule has 2 aromatic rings. The summed E-state index contributed by atoms with van der Waals surface area (Å²) >= 11 is 0. The lowest BCUT2D eigenvalue weighted by Gasteiger charge is -2.40. The molecule has 0 heterocycles. The normalized spacial score (nSPS) is 16.3. The van der Waals surface area contributed by atoms with Crippen molar-refractivity contribution in [1.82, 2.24) is 0 Å². The van der Waals surface area contributed by atoms with Crippen molar-refractivity contribution in [2.75, 3.05) is 49.1 Å². The van der Waals surface area contributed by atoms with Gasteiger partial charge in [0, 0.05) is 49.7 Å². The predicted octanol–water partition coefficient (Wildman–Crippen LogP) is 6.56. The number of rotatable bonds is 8. The molecule has 0 spiro atoms. The molecule has 0 bridgehead atoms. The smallest absolute Gasteiger partial charge is 0.200 e. The molecule has 0 N–H and O–H groups in total. The summed E-state index contributed by atoms with van der Waals surface area (Å²) in [5, 5.41) is 0. The van der Waals surface area contributed by atoms with E-state index in [0.717, 1.165) is 58.5 Å². The van der Waals surface area contributed by atoms with E-state index in [1.54, 1.807) is 16.7 Å². The van der Waals surface area contributed by atoms with Crippen LogP contribution in [0.1, 0.15) is 74.9 Å². The minimum Gasteiger partial charge on any atom is -0.372 e. The Bertz CT molecular complexity index is 1310. The lowest BCUT2D eigenvalue weighted by atomic mass is 9.64. The third-order valence-electron chi connectivity index (χ3n) is 9.14. The van der Waals surface area contributed by atoms with E-state index in [4.69, 9.17) is 0 Å². The standard InChI is InChI=1S/C34H42N3/c1-7-35(8-2)28-16-22-13-24-18-29(36(9-3)10-4)20-26-15-27-21-30(37(11-5)12-6)19-25-14-23(17-28)31(22)34(32(24)26)33(25)27/h16-21H,7-15H2,1-6H3/q+1. The largest absolute Gasteiger partial charge is 0.372 e. The van der Waals surface area contributed by atoms with Crippen LogP contribution in [0, 0.1) is 0 Å². The maximum Gasteiger partial charge on any atom is 0.200 e. The van der Waals surface area contributed by atoms with Crippen molar-refractivity contribution >= 4 is 22.7 Å². The van der Waals surface area contributed by atoms with Gasteiger partial charge in [-0.05, 0) is 141 Å². The number of anilines is 2. The van der Waals surface area contributed by atoms with Crippen LogP contribution in [0.5, 0.6) is 0 Å². The first-order valence-electron chi connectivity index (χ1n) is 14.6. The quantitative estimate of drug-likeness (QED) is 0.330. The minimum atomic E-state index is 1.04. The number of allylic oxidation sites excluding steroid dienone is 5. The highest BCUT2D eigenvalue weighted by molar-refractivity contribution is 6.09. The zero-order valence-corrected chi connectivity index (χ0v) is 23.7. The molecule has 192 valence electrons. The highest BCUT2D eigenvalue weighted by atomic mass is 15.1. The average molecular weight is 493 g/mol. The Morgan fingerprint density at radius 3 is 1.35 bits per heavy atom. The zero-order valence-electron chi connectivity index (χ0n) is 23.7. The molecule has 0 amide bonds. The van der Waals surface area contributed by atoms with Crippen molar-refractivity contribution in [3.8, 4) is 0 Å². The molecule has 0 saturated carbocycles. The van der Waals surface area contributed by atoms with Gasteiger partial charge in [-0.3, -0.25) is 0 Å². The summed E-state index contributed by atoms with van der Waals surface area (Å²) in [5.74, 6) is 0. The Kier molecular flexibility index (Phi) is 6.13. The van der Waals surface area contributed by atoms with E-state index < -0.39 is 0 Å². The Morgan fingerprint density at radius 1 is 0.568 bits per heavy atom. The molecule has 0 fully saturated rings. The molecule has 0 saturated heterocycles. The van der Waals surface area contributed by atoms with Gasteiger partial charge in [0.25, 0.3) is 0 Å². The fraction of sp³-hybridized carbons (Fsp3) is 0.441. The molecule has 3 heteroatoms. The molecule has 6 rings (SSSR count). The van der Waals surface area contributed by atoms with Crippen LogP contribution in [0.25, 0.3) is 5.57 Å². The number of benzene rings is 2. The SMILES string of the molecule is CCN(CC)c1cc2c3c(c1)Cc1cc(N(CC)CC)cc4c1C3=C1C(=CC(=[N+](CC)CC)C=C1C4)C2. The Labute approximate surface area is 223 Å². The molecule has 4 aliphatic rings. The molecule has 0 aliphatic heterocycles. The molecular weight excluding hydrogens is 450 g/mol. The highest BCUT2D eigenvalue weighted by Gasteiger charge is 2.39. The molecule has 0 radical (unpaired) electrons. The summed E-state index contributed by atoms with van der Waals surface area (Å²) in [6.45, 7) is 19.9. The van der Waals surface area contributed by atoms with Crippen molar-refractivity contribution < 1.29 is 4.58 Å². The van der Waals surface area contributed by atoms with Gasteiger partial charge in [-0.2, -0.15) is 0 Å². The molecule has 37 heavy (non-hydrogen) atoms. The van der Waals surface area contributed by atoms with Gasteiger partial charge in [0.05, 0.1) is 0 Å². The van der Waals surface area contributed by atoms with Crippen LogP contribution < -0.4 is 9.80 Å². The van der Waals surface area contributed by atoms with E-state index in [-0.39, 0.29) is 0 Å². The van der Waals surface area contributed by atoms with Gasteiger partial charge in [-0.25, -0.2) is 4.58 Å². The summed E-state index contributed by atoms with van der Waals surface area (Å²) in [5.41, 5.74) is 19.5. The lowest BCUT2D eigenvalue weighted by Crippen LogP contribution is -2.29. The summed E-state index contributed by atoms with van der Waals surface area (Å²) in [4.78, 5) is 5.03. The average Bonchev–Trinajstić information content (AvgIpc) is 2.90. The van der Waals surface area contributed by atoms with E-state index in [0.29, 0.717) is 0 Å². The van der Waals surface area contributed by atoms with Gasteiger partial charge in [0.1, 0.15) is 13.1 Å². The summed E-state index contributed by atoms with van der Waals surface area (Å²) in [6, 6.07) is 10.0. The second-order valence-corrected chi connectivity index (χ2v) is 10.8. The van der Waals surface area contributed by atoms with Gasteiger partial charge >= 0.3 is 0 Å². The van der Waals surface area contributed by atoms with E-state index in [1.807, 2.05) is 0 Å². The summed E-state index contributed by atoms with van der Waals surface area (Å²) in [7, 11) is 0. The first-order chi connectivity index (χ1) is 18.0. The van der Waals surface area contributed by atoms with Gasteiger partial charge in [-0.15, -0.1) is 0 Å². The van der Waals surface area contributed by atoms with Crippen molar-refractivity contribution in [3.05, 3.63) is 86.5 Å². The Hall–Kier alpha value is -3.07. The van der Waals surface area contributed by atoms with Crippen molar-refractivity contribution in [3.63, 3.8) is 0 Å². The summed E-state index contributed by atoms with van der Waals surface area (Å²) < 4.78 is 2.52. The minimum absolute atomic E-state index is 1.04. The van der Waals surface area contributed by atoms with E-state index in [2.05, 4.69) is 92.3 Å².